The molecule has 0 saturated heterocycles. The smallest absolute Gasteiger partial charge is 0.411 e. The van der Waals surface area contributed by atoms with Crippen LogP contribution in [0.5, 0.6) is 0 Å². The molecule has 2 heterocycles. The normalized spacial score (nSPS) is 10.6. The zero-order valence-electron chi connectivity index (χ0n) is 12.2. The molecular formula is C15H15N5O2. The van der Waals surface area contributed by atoms with E-state index in [1.807, 2.05) is 55.4 Å². The van der Waals surface area contributed by atoms with E-state index in [1.165, 1.54) is 0 Å². The first-order chi connectivity index (χ1) is 10.6. The van der Waals surface area contributed by atoms with Crippen molar-refractivity contribution in [2.75, 3.05) is 24.3 Å². The van der Waals surface area contributed by atoms with E-state index in [0.29, 0.717) is 5.65 Å². The van der Waals surface area contributed by atoms with E-state index in [0.717, 1.165) is 16.9 Å². The maximum atomic E-state index is 10.7. The summed E-state index contributed by atoms with van der Waals surface area (Å²) in [4.78, 5) is 16.9. The third kappa shape index (κ3) is 2.44. The number of aromatic nitrogens is 3. The van der Waals surface area contributed by atoms with Gasteiger partial charge in [-0.1, -0.05) is 24.3 Å². The number of carboxylic acid groups (broad SMARTS) is 1. The van der Waals surface area contributed by atoms with E-state index in [9.17, 15) is 4.79 Å². The molecular weight excluding hydrogens is 282 g/mol. The molecule has 0 spiro atoms. The summed E-state index contributed by atoms with van der Waals surface area (Å²) in [6.07, 6.45) is -1.19. The fourth-order valence-electron chi connectivity index (χ4n) is 2.34. The molecule has 1 amide bonds. The lowest BCUT2D eigenvalue weighted by atomic mass is 10.1. The van der Waals surface area contributed by atoms with Gasteiger partial charge in [0, 0.05) is 25.3 Å². The Hall–Kier alpha value is -3.09. The van der Waals surface area contributed by atoms with Crippen LogP contribution in [0.25, 0.3) is 16.9 Å². The number of hydrogen-bond donors (Lipinski definition) is 2. The Balaban J connectivity index is 2.19. The van der Waals surface area contributed by atoms with Crippen molar-refractivity contribution in [1.29, 1.82) is 0 Å². The molecule has 22 heavy (non-hydrogen) atoms. The number of nitrogens with zero attached hydrogens (tertiary/aromatic N) is 4. The lowest BCUT2D eigenvalue weighted by Crippen LogP contribution is -2.11. The van der Waals surface area contributed by atoms with Crippen LogP contribution in [-0.2, 0) is 0 Å². The SMILES string of the molecule is CN(C)c1ccccc1-c1cccc2nc(NC(=O)O)nn12. The number of nitrogens with one attached hydrogen (secondary N) is 1. The van der Waals surface area contributed by atoms with Gasteiger partial charge in [-0.2, -0.15) is 4.98 Å². The molecule has 0 aliphatic rings. The first-order valence-corrected chi connectivity index (χ1v) is 6.69. The molecule has 0 saturated carbocycles. The third-order valence-corrected chi connectivity index (χ3v) is 3.24. The Morgan fingerprint density at radius 2 is 1.95 bits per heavy atom. The van der Waals surface area contributed by atoms with Crippen molar-refractivity contribution in [3.05, 3.63) is 42.5 Å². The molecule has 0 bridgehead atoms. The minimum Gasteiger partial charge on any atom is -0.465 e. The summed E-state index contributed by atoms with van der Waals surface area (Å²) < 4.78 is 1.63. The van der Waals surface area contributed by atoms with Gasteiger partial charge < -0.3 is 10.0 Å². The summed E-state index contributed by atoms with van der Waals surface area (Å²) in [5.41, 5.74) is 3.45. The third-order valence-electron chi connectivity index (χ3n) is 3.24. The second-order valence-corrected chi connectivity index (χ2v) is 4.96. The summed E-state index contributed by atoms with van der Waals surface area (Å²) in [5, 5.41) is 15.2. The molecule has 2 N–H and O–H groups in total. The van der Waals surface area contributed by atoms with Crippen LogP contribution in [0, 0.1) is 0 Å². The first-order valence-electron chi connectivity index (χ1n) is 6.69. The highest BCUT2D eigenvalue weighted by atomic mass is 16.4. The van der Waals surface area contributed by atoms with Crippen molar-refractivity contribution in [2.24, 2.45) is 0 Å². The lowest BCUT2D eigenvalue weighted by molar-refractivity contribution is 0.209. The van der Waals surface area contributed by atoms with Gasteiger partial charge in [0.1, 0.15) is 0 Å². The fourth-order valence-corrected chi connectivity index (χ4v) is 2.34. The Morgan fingerprint density at radius 1 is 1.18 bits per heavy atom. The average molecular weight is 297 g/mol. The van der Waals surface area contributed by atoms with Gasteiger partial charge in [0.25, 0.3) is 5.95 Å². The number of pyridine rings is 1. The van der Waals surface area contributed by atoms with E-state index < -0.39 is 6.09 Å². The van der Waals surface area contributed by atoms with Crippen molar-refractivity contribution >= 4 is 23.4 Å². The maximum absolute atomic E-state index is 10.7. The Morgan fingerprint density at radius 3 is 2.68 bits per heavy atom. The van der Waals surface area contributed by atoms with E-state index in [1.54, 1.807) is 10.6 Å². The fraction of sp³-hybridized carbons (Fsp3) is 0.133. The van der Waals surface area contributed by atoms with Crippen LogP contribution < -0.4 is 10.2 Å². The first kappa shape index (κ1) is 13.9. The molecule has 1 aromatic carbocycles. The highest BCUT2D eigenvalue weighted by Gasteiger charge is 2.13. The average Bonchev–Trinajstić information content (AvgIpc) is 2.88. The van der Waals surface area contributed by atoms with Crippen LogP contribution in [0.4, 0.5) is 16.4 Å². The van der Waals surface area contributed by atoms with Crippen LogP contribution in [0.3, 0.4) is 0 Å². The second-order valence-electron chi connectivity index (χ2n) is 4.96. The zero-order valence-corrected chi connectivity index (χ0v) is 12.2. The molecule has 7 heteroatoms. The Labute approximate surface area is 126 Å². The molecule has 3 aromatic rings. The van der Waals surface area contributed by atoms with Crippen molar-refractivity contribution in [3.63, 3.8) is 0 Å². The number of benzene rings is 1. The number of para-hydroxylation sites is 1. The lowest BCUT2D eigenvalue weighted by Gasteiger charge is -2.17. The minimum absolute atomic E-state index is 0.0577. The monoisotopic (exact) mass is 297 g/mol. The van der Waals surface area contributed by atoms with Crippen LogP contribution in [0.15, 0.2) is 42.5 Å². The van der Waals surface area contributed by atoms with Gasteiger partial charge in [0.2, 0.25) is 0 Å². The number of amides is 1. The van der Waals surface area contributed by atoms with Gasteiger partial charge in [0.15, 0.2) is 5.65 Å². The van der Waals surface area contributed by atoms with Crippen molar-refractivity contribution in [3.8, 4) is 11.3 Å². The number of rotatable bonds is 3. The number of hydrogen-bond acceptors (Lipinski definition) is 4. The highest BCUT2D eigenvalue weighted by molar-refractivity contribution is 5.81. The van der Waals surface area contributed by atoms with Gasteiger partial charge >= 0.3 is 6.09 Å². The van der Waals surface area contributed by atoms with Gasteiger partial charge in [-0.05, 0) is 18.2 Å². The van der Waals surface area contributed by atoms with Crippen LogP contribution >= 0.6 is 0 Å². The highest BCUT2D eigenvalue weighted by Crippen LogP contribution is 2.29. The molecule has 0 atom stereocenters. The molecule has 0 unspecified atom stereocenters. The van der Waals surface area contributed by atoms with E-state index in [-0.39, 0.29) is 5.95 Å². The minimum atomic E-state index is -1.19. The molecule has 0 aliphatic carbocycles. The molecule has 0 radical (unpaired) electrons. The quantitative estimate of drug-likeness (QED) is 0.776. The summed E-state index contributed by atoms with van der Waals surface area (Å²) >= 11 is 0. The molecule has 0 aliphatic heterocycles. The van der Waals surface area contributed by atoms with Gasteiger partial charge in [-0.3, -0.25) is 5.32 Å². The van der Waals surface area contributed by atoms with E-state index in [4.69, 9.17) is 5.11 Å². The zero-order chi connectivity index (χ0) is 15.7. The number of fused-ring (bicyclic) bond motifs is 1. The van der Waals surface area contributed by atoms with Crippen molar-refractivity contribution < 1.29 is 9.90 Å². The molecule has 2 aromatic heterocycles. The Kier molecular flexibility index (Phi) is 3.38. The number of carbonyl (C=O) groups is 1. The van der Waals surface area contributed by atoms with Crippen molar-refractivity contribution in [1.82, 2.24) is 14.6 Å². The van der Waals surface area contributed by atoms with Crippen molar-refractivity contribution in [2.45, 2.75) is 0 Å². The second kappa shape index (κ2) is 5.36. The van der Waals surface area contributed by atoms with Gasteiger partial charge in [-0.15, -0.1) is 5.10 Å². The largest absolute Gasteiger partial charge is 0.465 e. The van der Waals surface area contributed by atoms with Gasteiger partial charge in [0.05, 0.1) is 5.69 Å². The van der Waals surface area contributed by atoms with Crippen LogP contribution in [0.1, 0.15) is 0 Å². The van der Waals surface area contributed by atoms with Crippen LogP contribution in [-0.4, -0.2) is 39.9 Å². The predicted molar refractivity (Wildman–Crippen MR) is 84.4 cm³/mol. The van der Waals surface area contributed by atoms with E-state index >= 15 is 0 Å². The summed E-state index contributed by atoms with van der Waals surface area (Å²) in [6.45, 7) is 0. The maximum Gasteiger partial charge on any atom is 0.411 e. The molecule has 7 nitrogen and oxygen atoms in total. The Bertz CT molecular complexity index is 841. The van der Waals surface area contributed by atoms with E-state index in [2.05, 4.69) is 15.4 Å². The van der Waals surface area contributed by atoms with Crippen LogP contribution in [0.2, 0.25) is 0 Å². The topological polar surface area (TPSA) is 82.8 Å². The van der Waals surface area contributed by atoms with Gasteiger partial charge in [-0.25, -0.2) is 9.31 Å². The summed E-state index contributed by atoms with van der Waals surface area (Å²) in [6, 6.07) is 13.5. The molecule has 3 rings (SSSR count). The molecule has 0 fully saturated rings. The number of anilines is 2. The standard InChI is InChI=1S/C15H15N5O2/c1-19(2)11-7-4-3-6-10(11)12-8-5-9-13-16-14(17-15(21)22)18-20(12)13/h3-9H,1-2H3,(H,17,18)(H,21,22). The summed E-state index contributed by atoms with van der Waals surface area (Å²) in [7, 11) is 3.94. The summed E-state index contributed by atoms with van der Waals surface area (Å²) in [5.74, 6) is 0.0577. The molecule has 112 valence electrons. The predicted octanol–water partition coefficient (Wildman–Crippen LogP) is 2.55.